The Balaban J connectivity index is 2.11. The number of nitrogens with one attached hydrogen (secondary N) is 1. The summed E-state index contributed by atoms with van der Waals surface area (Å²) < 4.78 is 23.2. The zero-order valence-electron chi connectivity index (χ0n) is 12.9. The quantitative estimate of drug-likeness (QED) is 0.889. The molecule has 0 saturated heterocycles. The SMILES string of the molecule is C[C@H](CC(=O)Nc1cc(S(C)(=O)=O)ccc1Cl)c1ccccc1. The molecule has 23 heavy (non-hydrogen) atoms. The average Bonchev–Trinajstić information content (AvgIpc) is 2.49. The standard InChI is InChI=1S/C17H18ClNO3S/c1-12(13-6-4-3-5-7-13)10-17(20)19-16-11-14(23(2,21)22)8-9-15(16)18/h3-9,11-12H,10H2,1-2H3,(H,19,20)/t12-/m1/s1. The zero-order chi connectivity index (χ0) is 17.0. The lowest BCUT2D eigenvalue weighted by Gasteiger charge is -2.13. The number of sulfone groups is 1. The summed E-state index contributed by atoms with van der Waals surface area (Å²) in [6, 6.07) is 14.0. The normalized spacial score (nSPS) is 12.7. The Morgan fingerprint density at radius 1 is 1.17 bits per heavy atom. The first-order chi connectivity index (χ1) is 10.8. The van der Waals surface area contributed by atoms with Gasteiger partial charge in [0.05, 0.1) is 15.6 Å². The minimum absolute atomic E-state index is 0.0491. The first-order valence-electron chi connectivity index (χ1n) is 7.12. The van der Waals surface area contributed by atoms with Crippen molar-refractivity contribution in [3.63, 3.8) is 0 Å². The van der Waals surface area contributed by atoms with Crippen molar-refractivity contribution >= 4 is 33.0 Å². The minimum atomic E-state index is -3.35. The monoisotopic (exact) mass is 351 g/mol. The van der Waals surface area contributed by atoms with Crippen LogP contribution in [0.1, 0.15) is 24.8 Å². The lowest BCUT2D eigenvalue weighted by molar-refractivity contribution is -0.116. The predicted molar refractivity (Wildman–Crippen MR) is 92.7 cm³/mol. The smallest absolute Gasteiger partial charge is 0.225 e. The lowest BCUT2D eigenvalue weighted by Crippen LogP contribution is -2.15. The predicted octanol–water partition coefficient (Wildman–Crippen LogP) is 3.88. The van der Waals surface area contributed by atoms with Gasteiger partial charge in [-0.05, 0) is 29.7 Å². The molecule has 0 aliphatic carbocycles. The van der Waals surface area contributed by atoms with Crippen molar-refractivity contribution in [2.45, 2.75) is 24.2 Å². The van der Waals surface area contributed by atoms with Crippen LogP contribution in [0.3, 0.4) is 0 Å². The summed E-state index contributed by atoms with van der Waals surface area (Å²) in [5.41, 5.74) is 1.37. The average molecular weight is 352 g/mol. The highest BCUT2D eigenvalue weighted by molar-refractivity contribution is 7.90. The molecule has 4 nitrogen and oxygen atoms in total. The highest BCUT2D eigenvalue weighted by Crippen LogP contribution is 2.26. The number of hydrogen-bond acceptors (Lipinski definition) is 3. The van der Waals surface area contributed by atoms with E-state index in [9.17, 15) is 13.2 Å². The van der Waals surface area contributed by atoms with Gasteiger partial charge >= 0.3 is 0 Å². The topological polar surface area (TPSA) is 63.2 Å². The van der Waals surface area contributed by atoms with Crippen LogP contribution in [0.25, 0.3) is 0 Å². The Kier molecular flexibility index (Phi) is 5.44. The van der Waals surface area contributed by atoms with Crippen LogP contribution >= 0.6 is 11.6 Å². The molecule has 0 radical (unpaired) electrons. The van der Waals surface area contributed by atoms with E-state index in [1.165, 1.54) is 18.2 Å². The molecule has 0 aliphatic heterocycles. The molecule has 0 bridgehead atoms. The molecule has 2 rings (SSSR count). The van der Waals surface area contributed by atoms with Gasteiger partial charge in [-0.2, -0.15) is 0 Å². The molecule has 1 N–H and O–H groups in total. The largest absolute Gasteiger partial charge is 0.325 e. The van der Waals surface area contributed by atoms with Gasteiger partial charge in [0, 0.05) is 12.7 Å². The maximum Gasteiger partial charge on any atom is 0.225 e. The summed E-state index contributed by atoms with van der Waals surface area (Å²) in [5, 5.41) is 2.99. The van der Waals surface area contributed by atoms with E-state index in [2.05, 4.69) is 5.32 Å². The zero-order valence-corrected chi connectivity index (χ0v) is 14.5. The van der Waals surface area contributed by atoms with Crippen LogP contribution in [0.4, 0.5) is 5.69 Å². The van der Waals surface area contributed by atoms with Crippen LogP contribution in [0, 0.1) is 0 Å². The third kappa shape index (κ3) is 4.81. The third-order valence-corrected chi connectivity index (χ3v) is 4.94. The van der Waals surface area contributed by atoms with Gasteiger partial charge in [0.1, 0.15) is 0 Å². The van der Waals surface area contributed by atoms with Crippen molar-refractivity contribution in [3.8, 4) is 0 Å². The second-order valence-electron chi connectivity index (χ2n) is 5.48. The van der Waals surface area contributed by atoms with Crippen molar-refractivity contribution < 1.29 is 13.2 Å². The van der Waals surface area contributed by atoms with Gasteiger partial charge in [0.2, 0.25) is 5.91 Å². The van der Waals surface area contributed by atoms with E-state index in [4.69, 9.17) is 11.6 Å². The molecule has 0 saturated carbocycles. The fourth-order valence-corrected chi connectivity index (χ4v) is 3.02. The fourth-order valence-electron chi connectivity index (χ4n) is 2.21. The molecule has 122 valence electrons. The van der Waals surface area contributed by atoms with Gasteiger partial charge in [-0.25, -0.2) is 8.42 Å². The van der Waals surface area contributed by atoms with Gasteiger partial charge in [0.25, 0.3) is 0 Å². The Morgan fingerprint density at radius 2 is 1.83 bits per heavy atom. The Hall–Kier alpha value is -1.85. The molecular weight excluding hydrogens is 334 g/mol. The van der Waals surface area contributed by atoms with Crippen molar-refractivity contribution in [1.82, 2.24) is 0 Å². The summed E-state index contributed by atoms with van der Waals surface area (Å²) in [6.45, 7) is 1.96. The molecule has 1 atom stereocenters. The van der Waals surface area contributed by atoms with E-state index in [1.807, 2.05) is 37.3 Å². The summed E-state index contributed by atoms with van der Waals surface area (Å²) in [4.78, 5) is 12.3. The van der Waals surface area contributed by atoms with Crippen LogP contribution in [0.5, 0.6) is 0 Å². The number of carbonyl (C=O) groups is 1. The number of anilines is 1. The molecule has 1 amide bonds. The van der Waals surface area contributed by atoms with Crippen LogP contribution < -0.4 is 5.32 Å². The maximum absolute atomic E-state index is 12.2. The van der Waals surface area contributed by atoms with Gasteiger partial charge < -0.3 is 5.32 Å². The number of benzene rings is 2. The second-order valence-corrected chi connectivity index (χ2v) is 7.90. The van der Waals surface area contributed by atoms with Gasteiger partial charge in [0.15, 0.2) is 9.84 Å². The van der Waals surface area contributed by atoms with Crippen LogP contribution in [0.15, 0.2) is 53.4 Å². The maximum atomic E-state index is 12.2. The highest BCUT2D eigenvalue weighted by atomic mass is 35.5. The summed E-state index contributed by atoms with van der Waals surface area (Å²) in [6.07, 6.45) is 1.39. The molecule has 0 fully saturated rings. The minimum Gasteiger partial charge on any atom is -0.325 e. The summed E-state index contributed by atoms with van der Waals surface area (Å²) >= 11 is 6.03. The van der Waals surface area contributed by atoms with E-state index in [0.717, 1.165) is 11.8 Å². The molecule has 2 aromatic carbocycles. The van der Waals surface area contributed by atoms with Crippen molar-refractivity contribution in [2.24, 2.45) is 0 Å². The van der Waals surface area contributed by atoms with Crippen LogP contribution in [-0.4, -0.2) is 20.6 Å². The van der Waals surface area contributed by atoms with Crippen molar-refractivity contribution in [2.75, 3.05) is 11.6 Å². The molecule has 2 aromatic rings. The van der Waals surface area contributed by atoms with Crippen molar-refractivity contribution in [1.29, 1.82) is 0 Å². The molecule has 0 aromatic heterocycles. The molecule has 0 aliphatic rings. The lowest BCUT2D eigenvalue weighted by atomic mass is 9.97. The molecule has 6 heteroatoms. The number of hydrogen-bond donors (Lipinski definition) is 1. The second kappa shape index (κ2) is 7.15. The Morgan fingerprint density at radius 3 is 2.43 bits per heavy atom. The van der Waals surface area contributed by atoms with Gasteiger partial charge in [-0.15, -0.1) is 0 Å². The Bertz CT molecular complexity index is 804. The first-order valence-corrected chi connectivity index (χ1v) is 9.38. The van der Waals surface area contributed by atoms with E-state index in [0.29, 0.717) is 10.7 Å². The van der Waals surface area contributed by atoms with E-state index < -0.39 is 9.84 Å². The van der Waals surface area contributed by atoms with Gasteiger partial charge in [-0.3, -0.25) is 4.79 Å². The highest BCUT2D eigenvalue weighted by Gasteiger charge is 2.15. The first kappa shape index (κ1) is 17.5. The fraction of sp³-hybridized carbons (Fsp3) is 0.235. The van der Waals surface area contributed by atoms with E-state index >= 15 is 0 Å². The van der Waals surface area contributed by atoms with E-state index in [1.54, 1.807) is 0 Å². The molecule has 0 unspecified atom stereocenters. The third-order valence-electron chi connectivity index (χ3n) is 3.50. The van der Waals surface area contributed by atoms with Crippen LogP contribution in [-0.2, 0) is 14.6 Å². The number of carbonyl (C=O) groups excluding carboxylic acids is 1. The summed E-state index contributed by atoms with van der Waals surface area (Å²) in [7, 11) is -3.35. The van der Waals surface area contributed by atoms with Crippen molar-refractivity contribution in [3.05, 3.63) is 59.1 Å². The number of amides is 1. The number of halogens is 1. The van der Waals surface area contributed by atoms with Gasteiger partial charge in [-0.1, -0.05) is 48.9 Å². The molecule has 0 spiro atoms. The number of rotatable bonds is 5. The summed E-state index contributed by atoms with van der Waals surface area (Å²) in [5.74, 6) is -0.165. The Labute approximate surface area is 141 Å². The van der Waals surface area contributed by atoms with Crippen LogP contribution in [0.2, 0.25) is 5.02 Å². The molecular formula is C17H18ClNO3S. The molecule has 0 heterocycles. The van der Waals surface area contributed by atoms with E-state index in [-0.39, 0.29) is 23.1 Å².